The highest BCUT2D eigenvalue weighted by Gasteiger charge is 2.57. The first-order valence-electron chi connectivity index (χ1n) is 2.93. The molecule has 11 heavy (non-hydrogen) atoms. The molecule has 1 fully saturated rings. The zero-order valence-electron chi connectivity index (χ0n) is 5.64. The predicted octanol–water partition coefficient (Wildman–Crippen LogP) is -0.109. The summed E-state index contributed by atoms with van der Waals surface area (Å²) in [5.41, 5.74) is 4.88. The zero-order chi connectivity index (χ0) is 7.78. The normalized spacial score (nSPS) is 25.2. The van der Waals surface area contributed by atoms with Crippen LogP contribution < -0.4 is 11.1 Å². The molecular formula is C5H9ClF2N2O. The molecule has 1 unspecified atom stereocenters. The van der Waals surface area contributed by atoms with E-state index in [1.807, 2.05) is 0 Å². The summed E-state index contributed by atoms with van der Waals surface area (Å²) in [6.07, 6.45) is -0.251. The molecule has 0 aliphatic heterocycles. The smallest absolute Gasteiger partial charge is 0.270 e. The van der Waals surface area contributed by atoms with E-state index >= 15 is 0 Å². The van der Waals surface area contributed by atoms with Crippen LogP contribution in [0.2, 0.25) is 0 Å². The molecule has 66 valence electrons. The molecule has 1 rings (SSSR count). The lowest BCUT2D eigenvalue weighted by atomic mass is 10.5. The van der Waals surface area contributed by atoms with Crippen LogP contribution in [0.4, 0.5) is 8.78 Å². The maximum Gasteiger partial charge on any atom is 0.270 e. The Bertz CT molecular complexity index is 165. The molecule has 1 saturated carbocycles. The highest BCUT2D eigenvalue weighted by molar-refractivity contribution is 5.85. The highest BCUT2D eigenvalue weighted by atomic mass is 35.5. The van der Waals surface area contributed by atoms with Crippen LogP contribution in [-0.4, -0.2) is 24.4 Å². The van der Waals surface area contributed by atoms with Gasteiger partial charge in [-0.1, -0.05) is 0 Å². The fourth-order valence-corrected chi connectivity index (χ4v) is 0.623. The van der Waals surface area contributed by atoms with Crippen molar-refractivity contribution in [2.24, 2.45) is 5.73 Å². The Balaban J connectivity index is 0.000001000. The Hall–Kier alpha value is -0.420. The van der Waals surface area contributed by atoms with Gasteiger partial charge in [-0.3, -0.25) is 4.79 Å². The van der Waals surface area contributed by atoms with Crippen molar-refractivity contribution in [3.63, 3.8) is 0 Å². The van der Waals surface area contributed by atoms with Crippen LogP contribution in [0.1, 0.15) is 6.42 Å². The Labute approximate surface area is 68.7 Å². The molecule has 1 aliphatic carbocycles. The van der Waals surface area contributed by atoms with E-state index in [0.717, 1.165) is 0 Å². The lowest BCUT2D eigenvalue weighted by molar-refractivity contribution is -0.120. The SMILES string of the molecule is Cl.NCC(=O)NC1CC1(F)F. The molecule has 3 N–H and O–H groups in total. The van der Waals surface area contributed by atoms with Gasteiger partial charge in [0.1, 0.15) is 0 Å². The number of nitrogens with two attached hydrogens (primary N) is 1. The van der Waals surface area contributed by atoms with E-state index in [4.69, 9.17) is 5.73 Å². The van der Waals surface area contributed by atoms with E-state index in [9.17, 15) is 13.6 Å². The van der Waals surface area contributed by atoms with Crippen molar-refractivity contribution in [2.75, 3.05) is 6.54 Å². The van der Waals surface area contributed by atoms with Gasteiger partial charge < -0.3 is 11.1 Å². The minimum absolute atomic E-state index is 0. The summed E-state index contributed by atoms with van der Waals surface area (Å²) >= 11 is 0. The number of carbonyl (C=O) groups excluding carboxylic acids is 1. The van der Waals surface area contributed by atoms with Gasteiger partial charge in [0.25, 0.3) is 5.92 Å². The Morgan fingerprint density at radius 3 is 2.45 bits per heavy atom. The van der Waals surface area contributed by atoms with Crippen molar-refractivity contribution >= 4 is 18.3 Å². The number of amides is 1. The lowest BCUT2D eigenvalue weighted by Gasteiger charge is -1.99. The molecule has 0 heterocycles. The molecule has 0 aromatic carbocycles. The number of rotatable bonds is 2. The Morgan fingerprint density at radius 2 is 2.18 bits per heavy atom. The molecular weight excluding hydrogens is 178 g/mol. The molecule has 0 aromatic rings. The second kappa shape index (κ2) is 3.32. The number of hydrogen-bond donors (Lipinski definition) is 2. The first-order chi connectivity index (χ1) is 4.56. The highest BCUT2D eigenvalue weighted by Crippen LogP contribution is 2.41. The topological polar surface area (TPSA) is 55.1 Å². The Kier molecular flexibility index (Phi) is 3.19. The van der Waals surface area contributed by atoms with E-state index in [2.05, 4.69) is 5.32 Å². The van der Waals surface area contributed by atoms with Gasteiger partial charge in [0, 0.05) is 6.42 Å². The van der Waals surface area contributed by atoms with Gasteiger partial charge in [0.05, 0.1) is 12.6 Å². The maximum absolute atomic E-state index is 12.0. The van der Waals surface area contributed by atoms with Gasteiger partial charge in [0.2, 0.25) is 5.91 Å². The maximum atomic E-state index is 12.0. The molecule has 0 radical (unpaired) electrons. The standard InChI is InChI=1S/C5H8F2N2O.ClH/c6-5(7)1-3(5)9-4(10)2-8;/h3H,1-2,8H2,(H,9,10);1H. The number of halogens is 3. The molecule has 0 spiro atoms. The Morgan fingerprint density at radius 1 is 1.73 bits per heavy atom. The third kappa shape index (κ3) is 2.59. The second-order valence-electron chi connectivity index (χ2n) is 2.29. The quantitative estimate of drug-likeness (QED) is 0.633. The van der Waals surface area contributed by atoms with Crippen LogP contribution in [0.3, 0.4) is 0 Å². The van der Waals surface area contributed by atoms with Crippen LogP contribution in [-0.2, 0) is 4.79 Å². The third-order valence-electron chi connectivity index (χ3n) is 1.35. The van der Waals surface area contributed by atoms with E-state index in [1.165, 1.54) is 0 Å². The molecule has 1 atom stereocenters. The fourth-order valence-electron chi connectivity index (χ4n) is 0.623. The van der Waals surface area contributed by atoms with Gasteiger partial charge >= 0.3 is 0 Å². The number of alkyl halides is 2. The largest absolute Gasteiger partial charge is 0.346 e. The number of nitrogens with one attached hydrogen (secondary N) is 1. The van der Waals surface area contributed by atoms with Crippen molar-refractivity contribution in [3.8, 4) is 0 Å². The molecule has 1 amide bonds. The van der Waals surface area contributed by atoms with Gasteiger partial charge in [-0.05, 0) is 0 Å². The average Bonchev–Trinajstić information content (AvgIpc) is 2.40. The van der Waals surface area contributed by atoms with E-state index in [-0.39, 0.29) is 25.4 Å². The average molecular weight is 187 g/mol. The molecule has 3 nitrogen and oxygen atoms in total. The number of carbonyl (C=O) groups is 1. The second-order valence-corrected chi connectivity index (χ2v) is 2.29. The number of hydrogen-bond acceptors (Lipinski definition) is 2. The lowest BCUT2D eigenvalue weighted by Crippen LogP contribution is -2.34. The van der Waals surface area contributed by atoms with Gasteiger partial charge in [-0.15, -0.1) is 12.4 Å². The minimum atomic E-state index is -2.69. The van der Waals surface area contributed by atoms with Crippen molar-refractivity contribution in [2.45, 2.75) is 18.4 Å². The minimum Gasteiger partial charge on any atom is -0.346 e. The van der Waals surface area contributed by atoms with E-state index in [0.29, 0.717) is 0 Å². The van der Waals surface area contributed by atoms with E-state index < -0.39 is 17.9 Å². The molecule has 6 heteroatoms. The summed E-state index contributed by atoms with van der Waals surface area (Å²) < 4.78 is 24.1. The summed E-state index contributed by atoms with van der Waals surface area (Å²) in [6.45, 7) is -0.230. The van der Waals surface area contributed by atoms with Crippen LogP contribution in [0.15, 0.2) is 0 Å². The molecule has 0 bridgehead atoms. The molecule has 0 saturated heterocycles. The van der Waals surface area contributed by atoms with Crippen molar-refractivity contribution < 1.29 is 13.6 Å². The van der Waals surface area contributed by atoms with Gasteiger partial charge in [-0.25, -0.2) is 8.78 Å². The predicted molar refractivity (Wildman–Crippen MR) is 37.8 cm³/mol. The van der Waals surface area contributed by atoms with Crippen molar-refractivity contribution in [1.82, 2.24) is 5.32 Å². The van der Waals surface area contributed by atoms with Crippen LogP contribution in [0, 0.1) is 0 Å². The summed E-state index contributed by atoms with van der Waals surface area (Å²) in [5.74, 6) is -3.22. The summed E-state index contributed by atoms with van der Waals surface area (Å²) in [7, 11) is 0. The summed E-state index contributed by atoms with van der Waals surface area (Å²) in [4.78, 5) is 10.4. The van der Waals surface area contributed by atoms with Crippen LogP contribution >= 0.6 is 12.4 Å². The van der Waals surface area contributed by atoms with Gasteiger partial charge in [0.15, 0.2) is 0 Å². The fraction of sp³-hybridized carbons (Fsp3) is 0.800. The van der Waals surface area contributed by atoms with Crippen LogP contribution in [0.5, 0.6) is 0 Å². The van der Waals surface area contributed by atoms with Gasteiger partial charge in [-0.2, -0.15) is 0 Å². The van der Waals surface area contributed by atoms with Crippen LogP contribution in [0.25, 0.3) is 0 Å². The first-order valence-corrected chi connectivity index (χ1v) is 2.93. The summed E-state index contributed by atoms with van der Waals surface area (Å²) in [6, 6.07) is -0.969. The first kappa shape index (κ1) is 10.6. The molecule has 0 aromatic heterocycles. The van der Waals surface area contributed by atoms with Crippen molar-refractivity contribution in [3.05, 3.63) is 0 Å². The summed E-state index contributed by atoms with van der Waals surface area (Å²) in [5, 5.41) is 2.08. The van der Waals surface area contributed by atoms with Crippen molar-refractivity contribution in [1.29, 1.82) is 0 Å². The molecule has 1 aliphatic rings. The zero-order valence-corrected chi connectivity index (χ0v) is 6.46. The van der Waals surface area contributed by atoms with E-state index in [1.54, 1.807) is 0 Å². The third-order valence-corrected chi connectivity index (χ3v) is 1.35. The monoisotopic (exact) mass is 186 g/mol.